The first-order valence-corrected chi connectivity index (χ1v) is 5.21. The van der Waals surface area contributed by atoms with Gasteiger partial charge in [0.1, 0.15) is 0 Å². The molecule has 0 N–H and O–H groups in total. The molecule has 0 saturated carbocycles. The minimum atomic E-state index is -2.23. The van der Waals surface area contributed by atoms with Crippen LogP contribution in [-0.4, -0.2) is 31.0 Å². The summed E-state index contributed by atoms with van der Waals surface area (Å²) in [5, 5.41) is 0. The van der Waals surface area contributed by atoms with Crippen molar-refractivity contribution in [3.05, 3.63) is 0 Å². The molecule has 0 aromatic heterocycles. The Morgan fingerprint density at radius 3 is 1.86 bits per heavy atom. The van der Waals surface area contributed by atoms with E-state index in [1.165, 1.54) is 0 Å². The molecule has 0 aromatic rings. The van der Waals surface area contributed by atoms with E-state index in [9.17, 15) is 8.78 Å². The summed E-state index contributed by atoms with van der Waals surface area (Å²) >= 11 is 0. The zero-order chi connectivity index (χ0) is 11.4. The zero-order valence-electron chi connectivity index (χ0n) is 9.98. The molecule has 0 atom stereocenters. The van der Waals surface area contributed by atoms with Crippen LogP contribution in [-0.2, 0) is 0 Å². The van der Waals surface area contributed by atoms with Crippen LogP contribution in [0, 0.1) is 11.3 Å². The van der Waals surface area contributed by atoms with E-state index in [2.05, 4.69) is 34.6 Å². The quantitative estimate of drug-likeness (QED) is 0.669. The highest BCUT2D eigenvalue weighted by atomic mass is 19.3. The summed E-state index contributed by atoms with van der Waals surface area (Å²) in [6.07, 6.45) is -2.23. The lowest BCUT2D eigenvalue weighted by Crippen LogP contribution is -2.38. The second kappa shape index (κ2) is 5.64. The van der Waals surface area contributed by atoms with Crippen molar-refractivity contribution in [1.29, 1.82) is 0 Å². The Hall–Kier alpha value is -0.180. The fourth-order valence-electron chi connectivity index (χ4n) is 1.59. The Labute approximate surface area is 86.5 Å². The molecule has 0 bridgehead atoms. The molecule has 0 aliphatic rings. The van der Waals surface area contributed by atoms with Gasteiger partial charge in [-0.1, -0.05) is 34.6 Å². The Kier molecular flexibility index (Phi) is 5.57. The van der Waals surface area contributed by atoms with E-state index in [0.717, 1.165) is 13.1 Å². The Bertz CT molecular complexity index is 140. The lowest BCUT2D eigenvalue weighted by atomic mass is 9.95. The maximum absolute atomic E-state index is 12.3. The molecular formula is C11H23F2N. The van der Waals surface area contributed by atoms with Crippen LogP contribution >= 0.6 is 0 Å². The molecule has 1 nitrogen and oxygen atoms in total. The largest absolute Gasteiger partial charge is 0.297 e. The molecule has 0 spiro atoms. The summed E-state index contributed by atoms with van der Waals surface area (Å²) < 4.78 is 24.5. The molecule has 0 fully saturated rings. The number of hydrogen-bond acceptors (Lipinski definition) is 1. The Balaban J connectivity index is 4.11. The number of rotatable bonds is 5. The Morgan fingerprint density at radius 1 is 1.07 bits per heavy atom. The average Bonchev–Trinajstić information content (AvgIpc) is 1.77. The second-order valence-electron chi connectivity index (χ2n) is 5.54. The molecule has 0 aromatic carbocycles. The summed E-state index contributed by atoms with van der Waals surface area (Å²) in [4.78, 5) is 1.86. The molecule has 0 aliphatic carbocycles. The first-order chi connectivity index (χ1) is 6.20. The fraction of sp³-hybridized carbons (Fsp3) is 1.00. The number of hydrogen-bond donors (Lipinski definition) is 0. The van der Waals surface area contributed by atoms with Crippen molar-refractivity contribution in [2.45, 2.75) is 41.0 Å². The fourth-order valence-corrected chi connectivity index (χ4v) is 1.59. The molecule has 0 rings (SSSR count). The van der Waals surface area contributed by atoms with Crippen LogP contribution in [0.25, 0.3) is 0 Å². The predicted molar refractivity (Wildman–Crippen MR) is 56.7 cm³/mol. The predicted octanol–water partition coefficient (Wildman–Crippen LogP) is 3.26. The molecular weight excluding hydrogens is 184 g/mol. The number of nitrogens with zero attached hydrogens (tertiary/aromatic N) is 1. The van der Waals surface area contributed by atoms with Gasteiger partial charge in [0.05, 0.1) is 6.54 Å². The number of alkyl halides is 2. The third-order valence-electron chi connectivity index (χ3n) is 1.72. The van der Waals surface area contributed by atoms with Crippen LogP contribution in [0.5, 0.6) is 0 Å². The highest BCUT2D eigenvalue weighted by Gasteiger charge is 2.19. The monoisotopic (exact) mass is 207 g/mol. The van der Waals surface area contributed by atoms with Crippen molar-refractivity contribution >= 4 is 0 Å². The second-order valence-corrected chi connectivity index (χ2v) is 5.54. The van der Waals surface area contributed by atoms with Crippen molar-refractivity contribution in [2.75, 3.05) is 19.6 Å². The van der Waals surface area contributed by atoms with E-state index in [1.54, 1.807) is 0 Å². The molecule has 0 radical (unpaired) electrons. The molecule has 0 heterocycles. The van der Waals surface area contributed by atoms with Gasteiger partial charge >= 0.3 is 0 Å². The van der Waals surface area contributed by atoms with Crippen LogP contribution in [0.15, 0.2) is 0 Å². The van der Waals surface area contributed by atoms with Gasteiger partial charge in [-0.25, -0.2) is 8.78 Å². The molecule has 0 aliphatic heterocycles. The summed E-state index contributed by atoms with van der Waals surface area (Å²) in [7, 11) is 0. The van der Waals surface area contributed by atoms with Crippen LogP contribution in [0.1, 0.15) is 34.6 Å². The van der Waals surface area contributed by atoms with Gasteiger partial charge in [-0.3, -0.25) is 4.90 Å². The van der Waals surface area contributed by atoms with E-state index in [-0.39, 0.29) is 12.0 Å². The van der Waals surface area contributed by atoms with E-state index in [0.29, 0.717) is 5.92 Å². The molecule has 3 heteroatoms. The molecule has 14 heavy (non-hydrogen) atoms. The van der Waals surface area contributed by atoms with E-state index in [1.807, 2.05) is 4.90 Å². The summed E-state index contributed by atoms with van der Waals surface area (Å²) in [5.41, 5.74) is 0.0871. The molecule has 0 unspecified atom stereocenters. The summed E-state index contributed by atoms with van der Waals surface area (Å²) in [6.45, 7) is 11.7. The molecule has 0 amide bonds. The van der Waals surface area contributed by atoms with E-state index < -0.39 is 6.43 Å². The standard InChI is InChI=1S/C11H23F2N/c1-9(2)6-14(7-10(12)13)8-11(3,4)5/h9-10H,6-8H2,1-5H3. The van der Waals surface area contributed by atoms with Gasteiger partial charge < -0.3 is 0 Å². The highest BCUT2D eigenvalue weighted by Crippen LogP contribution is 2.17. The van der Waals surface area contributed by atoms with E-state index >= 15 is 0 Å². The minimum absolute atomic E-state index is 0.0871. The van der Waals surface area contributed by atoms with Gasteiger partial charge in [0.2, 0.25) is 0 Å². The van der Waals surface area contributed by atoms with Crippen molar-refractivity contribution in [1.82, 2.24) is 4.90 Å². The zero-order valence-corrected chi connectivity index (χ0v) is 9.98. The van der Waals surface area contributed by atoms with Crippen molar-refractivity contribution in [3.63, 3.8) is 0 Å². The normalized spacial score (nSPS) is 13.3. The van der Waals surface area contributed by atoms with Gasteiger partial charge in [-0.15, -0.1) is 0 Å². The number of halogens is 2. The summed E-state index contributed by atoms with van der Waals surface area (Å²) in [5.74, 6) is 0.441. The van der Waals surface area contributed by atoms with Gasteiger partial charge in [-0.05, 0) is 11.3 Å². The maximum atomic E-state index is 12.3. The topological polar surface area (TPSA) is 3.24 Å². The van der Waals surface area contributed by atoms with Gasteiger partial charge in [0.25, 0.3) is 6.43 Å². The minimum Gasteiger partial charge on any atom is -0.297 e. The van der Waals surface area contributed by atoms with Crippen LogP contribution in [0.4, 0.5) is 8.78 Å². The first-order valence-electron chi connectivity index (χ1n) is 5.21. The third-order valence-corrected chi connectivity index (χ3v) is 1.72. The lowest BCUT2D eigenvalue weighted by molar-refractivity contribution is 0.0649. The molecule has 0 saturated heterocycles. The highest BCUT2D eigenvalue weighted by molar-refractivity contribution is 4.70. The average molecular weight is 207 g/mol. The van der Waals surface area contributed by atoms with Gasteiger partial charge in [0.15, 0.2) is 0 Å². The SMILES string of the molecule is CC(C)CN(CC(F)F)CC(C)(C)C. The lowest BCUT2D eigenvalue weighted by Gasteiger charge is -2.30. The maximum Gasteiger partial charge on any atom is 0.251 e. The Morgan fingerprint density at radius 2 is 1.57 bits per heavy atom. The van der Waals surface area contributed by atoms with Crippen molar-refractivity contribution in [2.24, 2.45) is 11.3 Å². The smallest absolute Gasteiger partial charge is 0.251 e. The van der Waals surface area contributed by atoms with E-state index in [4.69, 9.17) is 0 Å². The van der Waals surface area contributed by atoms with Crippen molar-refractivity contribution in [3.8, 4) is 0 Å². The van der Waals surface area contributed by atoms with Crippen LogP contribution < -0.4 is 0 Å². The summed E-state index contributed by atoms with van der Waals surface area (Å²) in [6, 6.07) is 0. The van der Waals surface area contributed by atoms with Crippen LogP contribution in [0.2, 0.25) is 0 Å². The molecule has 86 valence electrons. The van der Waals surface area contributed by atoms with Crippen LogP contribution in [0.3, 0.4) is 0 Å². The third kappa shape index (κ3) is 8.42. The van der Waals surface area contributed by atoms with Crippen molar-refractivity contribution < 1.29 is 8.78 Å². The van der Waals surface area contributed by atoms with Gasteiger partial charge in [-0.2, -0.15) is 0 Å². The first kappa shape index (κ1) is 13.8. The van der Waals surface area contributed by atoms with Gasteiger partial charge in [0, 0.05) is 13.1 Å².